The fourth-order valence-corrected chi connectivity index (χ4v) is 4.02. The van der Waals surface area contributed by atoms with Crippen LogP contribution in [0.15, 0.2) is 79.3 Å². The molecule has 2 rings (SSSR count). The van der Waals surface area contributed by atoms with Gasteiger partial charge >= 0.3 is 0 Å². The van der Waals surface area contributed by atoms with Crippen LogP contribution >= 0.6 is 15.9 Å². The Bertz CT molecular complexity index is 1150. The van der Waals surface area contributed by atoms with Gasteiger partial charge in [0.2, 0.25) is 0 Å². The normalized spacial score (nSPS) is 14.3. The van der Waals surface area contributed by atoms with E-state index in [9.17, 15) is 18.8 Å². The first-order valence-electron chi connectivity index (χ1n) is 10.4. The van der Waals surface area contributed by atoms with Crippen LogP contribution in [0.2, 0.25) is 0 Å². The van der Waals surface area contributed by atoms with E-state index >= 15 is 0 Å². The Hall–Kier alpha value is -2.82. The van der Waals surface area contributed by atoms with E-state index < -0.39 is 16.8 Å². The number of allylic oxidation sites excluding steroid dienone is 4. The minimum atomic E-state index is -1.71. The van der Waals surface area contributed by atoms with Gasteiger partial charge in [0.05, 0.1) is 20.8 Å². The van der Waals surface area contributed by atoms with Gasteiger partial charge in [0.25, 0.3) is 0 Å². The number of hydrogen-bond acceptors (Lipinski definition) is 6. The molecule has 0 spiro atoms. The molecule has 0 aliphatic heterocycles. The zero-order valence-corrected chi connectivity index (χ0v) is 21.6. The van der Waals surface area contributed by atoms with Crippen molar-refractivity contribution in [1.29, 1.82) is 0 Å². The molecule has 0 fully saturated rings. The summed E-state index contributed by atoms with van der Waals surface area (Å²) >= 11 is 3.44. The molecule has 7 nitrogen and oxygen atoms in total. The molecule has 0 heterocycles. The first-order valence-corrected chi connectivity index (χ1v) is 12.4. The Morgan fingerprint density at radius 1 is 1.18 bits per heavy atom. The smallest absolute Gasteiger partial charge is 0.144 e. The lowest BCUT2D eigenvalue weighted by molar-refractivity contribution is 0.466. The summed E-state index contributed by atoms with van der Waals surface area (Å²) in [7, 11) is -0.0444. The summed E-state index contributed by atoms with van der Waals surface area (Å²) in [6.07, 6.45) is 4.10. The molecule has 182 valence electrons. The third-order valence-corrected chi connectivity index (χ3v) is 6.49. The third kappa shape index (κ3) is 8.51. The van der Waals surface area contributed by atoms with E-state index in [2.05, 4.69) is 36.0 Å². The van der Waals surface area contributed by atoms with Gasteiger partial charge in [-0.3, -0.25) is 9.98 Å². The van der Waals surface area contributed by atoms with Crippen molar-refractivity contribution in [3.8, 4) is 11.5 Å². The van der Waals surface area contributed by atoms with E-state index in [1.165, 1.54) is 12.1 Å². The summed E-state index contributed by atoms with van der Waals surface area (Å²) in [6.45, 7) is 4.68. The van der Waals surface area contributed by atoms with Gasteiger partial charge < -0.3 is 15.5 Å². The highest BCUT2D eigenvalue weighted by Crippen LogP contribution is 2.21. The number of halogens is 2. The van der Waals surface area contributed by atoms with Crippen molar-refractivity contribution in [2.24, 2.45) is 9.98 Å². The van der Waals surface area contributed by atoms with Crippen LogP contribution in [0, 0.1) is 5.82 Å². The van der Waals surface area contributed by atoms with Gasteiger partial charge in [-0.2, -0.15) is 0 Å². The molecular weight excluding hydrogens is 523 g/mol. The largest absolute Gasteiger partial charge is 0.508 e. The number of rotatable bonds is 11. The molecule has 2 aromatic rings. The van der Waals surface area contributed by atoms with Crippen molar-refractivity contribution in [1.82, 2.24) is 10.0 Å². The number of hydrogen-bond donors (Lipinski definition) is 4. The van der Waals surface area contributed by atoms with E-state index in [1.807, 2.05) is 26.0 Å². The minimum Gasteiger partial charge on any atom is -0.508 e. The number of phenols is 2. The topological polar surface area (TPSA) is 106 Å². The molecule has 2 aromatic carbocycles. The second-order valence-corrected chi connectivity index (χ2v) is 9.34. The minimum absolute atomic E-state index is 0.00643. The molecule has 1 atom stereocenters. The van der Waals surface area contributed by atoms with Crippen molar-refractivity contribution < 1.29 is 18.8 Å². The fraction of sp³-hybridized carbons (Fsp3) is 0.250. The average molecular weight is 551 g/mol. The standard InChI is InChI=1S/C24H28BrFN4O3S/c1-16(28-11-6-12-29-34(33)24-10-9-18(31)14-21(24)26)13-22(19-7-4-5-8-23(19)32)30-17(2)20(25)15-27-3/h4-5,7-10,13-15,28-29,31-32H,6,11-12H2,1-3H3/b16-13+,20-17-,27-15?,30-22+. The Labute approximate surface area is 210 Å². The van der Waals surface area contributed by atoms with Crippen LogP contribution in [0.5, 0.6) is 11.5 Å². The molecule has 0 amide bonds. The van der Waals surface area contributed by atoms with Crippen molar-refractivity contribution in [3.05, 3.63) is 75.8 Å². The first-order chi connectivity index (χ1) is 16.2. The maximum absolute atomic E-state index is 13.8. The molecule has 0 aliphatic carbocycles. The first kappa shape index (κ1) is 27.4. The maximum Gasteiger partial charge on any atom is 0.144 e. The van der Waals surface area contributed by atoms with Crippen LogP contribution in [0.3, 0.4) is 0 Å². The van der Waals surface area contributed by atoms with Gasteiger partial charge in [0.15, 0.2) is 0 Å². The fourth-order valence-electron chi connectivity index (χ4n) is 2.81. The van der Waals surface area contributed by atoms with Crippen LogP contribution in [-0.2, 0) is 11.0 Å². The second-order valence-electron chi connectivity index (χ2n) is 7.22. The molecule has 0 aliphatic rings. The van der Waals surface area contributed by atoms with Gasteiger partial charge in [0, 0.05) is 43.7 Å². The van der Waals surface area contributed by atoms with E-state index in [1.54, 1.807) is 31.5 Å². The lowest BCUT2D eigenvalue weighted by Crippen LogP contribution is -2.23. The van der Waals surface area contributed by atoms with Crippen molar-refractivity contribution >= 4 is 38.8 Å². The lowest BCUT2D eigenvalue weighted by Gasteiger charge is -2.10. The summed E-state index contributed by atoms with van der Waals surface area (Å²) < 4.78 is 29.5. The highest BCUT2D eigenvalue weighted by molar-refractivity contribution is 9.12. The predicted molar refractivity (Wildman–Crippen MR) is 140 cm³/mol. The molecule has 0 saturated heterocycles. The van der Waals surface area contributed by atoms with Gasteiger partial charge in [-0.05, 0) is 66.5 Å². The van der Waals surface area contributed by atoms with Crippen molar-refractivity contribution in [2.45, 2.75) is 25.2 Å². The molecule has 10 heteroatoms. The van der Waals surface area contributed by atoms with E-state index in [-0.39, 0.29) is 16.4 Å². The molecule has 1 unspecified atom stereocenters. The van der Waals surface area contributed by atoms with Crippen molar-refractivity contribution in [2.75, 3.05) is 20.1 Å². The van der Waals surface area contributed by atoms with Crippen LogP contribution in [0.1, 0.15) is 25.8 Å². The number of nitrogens with one attached hydrogen (secondary N) is 2. The molecule has 0 radical (unpaired) electrons. The van der Waals surface area contributed by atoms with Crippen molar-refractivity contribution in [3.63, 3.8) is 0 Å². The second kappa shape index (κ2) is 13.8. The number of nitrogens with zero attached hydrogens (tertiary/aromatic N) is 2. The van der Waals surface area contributed by atoms with Gasteiger partial charge in [-0.25, -0.2) is 13.3 Å². The summed E-state index contributed by atoms with van der Waals surface area (Å²) in [5.41, 5.74) is 2.68. The quantitative estimate of drug-likeness (QED) is 0.243. The Balaban J connectivity index is 2.02. The van der Waals surface area contributed by atoms with Crippen LogP contribution in [-0.4, -0.2) is 46.5 Å². The molecular formula is C24H28BrFN4O3S. The van der Waals surface area contributed by atoms with Gasteiger partial charge in [-0.15, -0.1) is 0 Å². The molecule has 34 heavy (non-hydrogen) atoms. The summed E-state index contributed by atoms with van der Waals surface area (Å²) in [6, 6.07) is 10.5. The van der Waals surface area contributed by atoms with E-state index in [0.29, 0.717) is 36.5 Å². The summed E-state index contributed by atoms with van der Waals surface area (Å²) in [4.78, 5) is 8.63. The average Bonchev–Trinajstić information content (AvgIpc) is 2.78. The molecule has 0 saturated carbocycles. The van der Waals surface area contributed by atoms with Gasteiger partial charge in [0.1, 0.15) is 28.3 Å². The molecule has 0 aromatic heterocycles. The highest BCUT2D eigenvalue weighted by atomic mass is 79.9. The maximum atomic E-state index is 13.8. The number of aliphatic imine (C=N–C) groups is 2. The Morgan fingerprint density at radius 2 is 1.91 bits per heavy atom. The van der Waals surface area contributed by atoms with Crippen LogP contribution < -0.4 is 10.0 Å². The van der Waals surface area contributed by atoms with Crippen LogP contribution in [0.4, 0.5) is 4.39 Å². The predicted octanol–water partition coefficient (Wildman–Crippen LogP) is 4.55. The molecule has 0 bridgehead atoms. The number of phenolic OH excluding ortho intramolecular Hbond substituents is 2. The summed E-state index contributed by atoms with van der Waals surface area (Å²) in [5, 5.41) is 22.8. The zero-order chi connectivity index (χ0) is 25.1. The zero-order valence-electron chi connectivity index (χ0n) is 19.2. The van der Waals surface area contributed by atoms with Gasteiger partial charge in [-0.1, -0.05) is 12.1 Å². The lowest BCUT2D eigenvalue weighted by atomic mass is 10.1. The number of aromatic hydroxyl groups is 2. The Kier molecular flexibility index (Phi) is 11.1. The SMILES string of the molecule is CN=C/C(Br)=C(C)/N=C(\C=C(/C)NCCCNS(=O)c1ccc(O)cc1F)c1ccccc1O. The number of para-hydroxylation sites is 1. The highest BCUT2D eigenvalue weighted by Gasteiger charge is 2.11. The number of benzene rings is 2. The monoisotopic (exact) mass is 550 g/mol. The van der Waals surface area contributed by atoms with E-state index in [0.717, 1.165) is 16.2 Å². The Morgan fingerprint density at radius 3 is 2.59 bits per heavy atom. The molecule has 4 N–H and O–H groups in total. The van der Waals surface area contributed by atoms with E-state index in [4.69, 9.17) is 0 Å². The third-order valence-electron chi connectivity index (χ3n) is 4.52. The summed E-state index contributed by atoms with van der Waals surface area (Å²) in [5.74, 6) is -0.820. The van der Waals surface area contributed by atoms with Crippen LogP contribution in [0.25, 0.3) is 0 Å².